The van der Waals surface area contributed by atoms with E-state index in [1.54, 1.807) is 6.07 Å². The Kier molecular flexibility index (Phi) is 7.65. The van der Waals surface area contributed by atoms with Crippen molar-refractivity contribution in [3.8, 4) is 6.07 Å². The highest BCUT2D eigenvalue weighted by Gasteiger charge is 2.25. The molecule has 3 N–H and O–H groups in total. The molecule has 3 rings (SSSR count). The zero-order chi connectivity index (χ0) is 21.3. The van der Waals surface area contributed by atoms with Crippen molar-refractivity contribution in [3.05, 3.63) is 53.2 Å². The number of ether oxygens (including phenoxy) is 1. The van der Waals surface area contributed by atoms with Crippen LogP contribution in [0.3, 0.4) is 0 Å². The molecule has 1 aromatic carbocycles. The lowest BCUT2D eigenvalue weighted by Gasteiger charge is -2.33. The van der Waals surface area contributed by atoms with E-state index in [0.29, 0.717) is 38.5 Å². The van der Waals surface area contributed by atoms with Gasteiger partial charge in [-0.15, -0.1) is 0 Å². The Bertz CT molecular complexity index is 889. The van der Waals surface area contributed by atoms with Crippen LogP contribution in [0.5, 0.6) is 0 Å². The average Bonchev–Trinajstić information content (AvgIpc) is 3.18. The number of anilines is 1. The Labute approximate surface area is 175 Å². The quantitative estimate of drug-likeness (QED) is 0.572. The first-order chi connectivity index (χ1) is 14.6. The fourth-order valence-corrected chi connectivity index (χ4v) is 3.34. The fraction of sp³-hybridized carbons (Fsp3) is 0.429. The smallest absolute Gasteiger partial charge is 0.314 e. The number of carbonyl (C=O) groups is 1. The van der Waals surface area contributed by atoms with E-state index < -0.39 is 5.82 Å². The van der Waals surface area contributed by atoms with Crippen molar-refractivity contribution < 1.29 is 18.3 Å². The third-order valence-corrected chi connectivity index (χ3v) is 4.88. The third-order valence-electron chi connectivity index (χ3n) is 4.88. The molecule has 0 radical (unpaired) electrons. The standard InChI is InChI=1S/C21H26FN5O3/c1-15-5-6-20(30-15)19(27-9-11-29-12-10-27)14-26-21(28)25-8-7-24-18-4-2-3-17(22)16(18)13-23/h2-6,19,24H,7-12,14H2,1H3,(H2,25,26,28). The van der Waals surface area contributed by atoms with Crippen molar-refractivity contribution in [2.45, 2.75) is 13.0 Å². The summed E-state index contributed by atoms with van der Waals surface area (Å²) in [5.74, 6) is 1.06. The summed E-state index contributed by atoms with van der Waals surface area (Å²) in [6, 6.07) is 9.69. The maximum atomic E-state index is 13.6. The lowest BCUT2D eigenvalue weighted by molar-refractivity contribution is 0.0121. The van der Waals surface area contributed by atoms with Crippen LogP contribution >= 0.6 is 0 Å². The van der Waals surface area contributed by atoms with Crippen LogP contribution in [0.15, 0.2) is 34.7 Å². The van der Waals surface area contributed by atoms with Gasteiger partial charge in [-0.25, -0.2) is 9.18 Å². The maximum Gasteiger partial charge on any atom is 0.314 e. The molecule has 1 aliphatic rings. The van der Waals surface area contributed by atoms with E-state index in [1.165, 1.54) is 12.1 Å². The Morgan fingerprint density at radius 1 is 1.23 bits per heavy atom. The van der Waals surface area contributed by atoms with Crippen molar-refractivity contribution in [2.75, 3.05) is 51.3 Å². The Morgan fingerprint density at radius 3 is 2.73 bits per heavy atom. The summed E-state index contributed by atoms with van der Waals surface area (Å²) in [5, 5.41) is 17.6. The molecule has 0 saturated carbocycles. The monoisotopic (exact) mass is 415 g/mol. The molecule has 0 aliphatic carbocycles. The van der Waals surface area contributed by atoms with Crippen molar-refractivity contribution >= 4 is 11.7 Å². The van der Waals surface area contributed by atoms with Gasteiger partial charge in [-0.05, 0) is 31.2 Å². The summed E-state index contributed by atoms with van der Waals surface area (Å²) in [6.07, 6.45) is 0. The highest BCUT2D eigenvalue weighted by Crippen LogP contribution is 2.23. The molecule has 9 heteroatoms. The number of nitriles is 1. The molecule has 2 aromatic rings. The summed E-state index contributed by atoms with van der Waals surface area (Å²) >= 11 is 0. The number of nitrogens with one attached hydrogen (secondary N) is 3. The van der Waals surface area contributed by atoms with E-state index in [4.69, 9.17) is 14.4 Å². The number of hydrogen-bond donors (Lipinski definition) is 3. The predicted octanol–water partition coefficient (Wildman–Crippen LogP) is 2.38. The van der Waals surface area contributed by atoms with Gasteiger partial charge in [0, 0.05) is 32.7 Å². The second kappa shape index (κ2) is 10.6. The van der Waals surface area contributed by atoms with Crippen LogP contribution in [0.1, 0.15) is 23.1 Å². The van der Waals surface area contributed by atoms with Crippen LogP contribution in [-0.4, -0.2) is 56.9 Å². The van der Waals surface area contributed by atoms with Crippen molar-refractivity contribution in [3.63, 3.8) is 0 Å². The summed E-state index contributed by atoms with van der Waals surface area (Å²) in [4.78, 5) is 14.5. The van der Waals surface area contributed by atoms with E-state index in [-0.39, 0.29) is 17.6 Å². The van der Waals surface area contributed by atoms with Gasteiger partial charge in [-0.2, -0.15) is 5.26 Å². The summed E-state index contributed by atoms with van der Waals surface area (Å²) < 4.78 is 24.8. The van der Waals surface area contributed by atoms with Crippen LogP contribution in [-0.2, 0) is 4.74 Å². The largest absolute Gasteiger partial charge is 0.465 e. The second-order valence-corrected chi connectivity index (χ2v) is 6.95. The van der Waals surface area contributed by atoms with Crippen molar-refractivity contribution in [1.82, 2.24) is 15.5 Å². The number of furan rings is 1. The van der Waals surface area contributed by atoms with Crippen LogP contribution in [0.4, 0.5) is 14.9 Å². The van der Waals surface area contributed by atoms with Gasteiger partial charge < -0.3 is 25.1 Å². The van der Waals surface area contributed by atoms with Crippen LogP contribution in [0, 0.1) is 24.1 Å². The molecule has 0 bridgehead atoms. The Balaban J connectivity index is 1.46. The number of amides is 2. The molecule has 1 fully saturated rings. The number of morpholine rings is 1. The Hall–Kier alpha value is -3.09. The summed E-state index contributed by atoms with van der Waals surface area (Å²) in [7, 11) is 0. The summed E-state index contributed by atoms with van der Waals surface area (Å²) in [6.45, 7) is 5.81. The zero-order valence-corrected chi connectivity index (χ0v) is 16.9. The van der Waals surface area contributed by atoms with E-state index >= 15 is 0 Å². The van der Waals surface area contributed by atoms with Gasteiger partial charge in [-0.1, -0.05) is 6.07 Å². The van der Waals surface area contributed by atoms with Gasteiger partial charge in [0.2, 0.25) is 0 Å². The highest BCUT2D eigenvalue weighted by atomic mass is 19.1. The lowest BCUT2D eigenvalue weighted by Crippen LogP contribution is -2.46. The molecule has 8 nitrogen and oxygen atoms in total. The Morgan fingerprint density at radius 2 is 2.03 bits per heavy atom. The minimum absolute atomic E-state index is 0.0379. The third kappa shape index (κ3) is 5.72. The minimum atomic E-state index is -0.574. The van der Waals surface area contributed by atoms with E-state index in [0.717, 1.165) is 24.6 Å². The first kappa shape index (κ1) is 21.6. The molecule has 1 aliphatic heterocycles. The normalized spacial score (nSPS) is 15.2. The van der Waals surface area contributed by atoms with Gasteiger partial charge >= 0.3 is 6.03 Å². The number of aryl methyl sites for hydroxylation is 1. The van der Waals surface area contributed by atoms with Gasteiger partial charge in [0.15, 0.2) is 0 Å². The molecular formula is C21H26FN5O3. The van der Waals surface area contributed by atoms with E-state index in [1.807, 2.05) is 25.1 Å². The molecule has 0 spiro atoms. The molecule has 2 amide bonds. The van der Waals surface area contributed by atoms with Crippen LogP contribution in [0.2, 0.25) is 0 Å². The van der Waals surface area contributed by atoms with Gasteiger partial charge in [0.05, 0.1) is 24.9 Å². The molecule has 2 heterocycles. The van der Waals surface area contributed by atoms with E-state index in [2.05, 4.69) is 20.9 Å². The molecule has 1 saturated heterocycles. The lowest BCUT2D eigenvalue weighted by atomic mass is 10.1. The molecule has 30 heavy (non-hydrogen) atoms. The molecule has 1 aromatic heterocycles. The second-order valence-electron chi connectivity index (χ2n) is 6.95. The van der Waals surface area contributed by atoms with Crippen LogP contribution in [0.25, 0.3) is 0 Å². The maximum absolute atomic E-state index is 13.6. The topological polar surface area (TPSA) is 103 Å². The number of nitrogens with zero attached hydrogens (tertiary/aromatic N) is 2. The number of rotatable bonds is 8. The molecule has 1 unspecified atom stereocenters. The number of halogens is 1. The molecular weight excluding hydrogens is 389 g/mol. The van der Waals surface area contributed by atoms with Gasteiger partial charge in [0.25, 0.3) is 0 Å². The van der Waals surface area contributed by atoms with Crippen molar-refractivity contribution in [2.24, 2.45) is 0 Å². The highest BCUT2D eigenvalue weighted by molar-refractivity contribution is 5.73. The van der Waals surface area contributed by atoms with Gasteiger partial charge in [0.1, 0.15) is 29.0 Å². The SMILES string of the molecule is Cc1ccc(C(CNC(=O)NCCNc2cccc(F)c2C#N)N2CCOCC2)o1. The number of carbonyl (C=O) groups excluding carboxylic acids is 1. The number of benzene rings is 1. The number of urea groups is 1. The summed E-state index contributed by atoms with van der Waals surface area (Å²) in [5.41, 5.74) is 0.365. The number of hydrogen-bond acceptors (Lipinski definition) is 6. The van der Waals surface area contributed by atoms with Gasteiger partial charge in [-0.3, -0.25) is 4.90 Å². The molecule has 160 valence electrons. The van der Waals surface area contributed by atoms with Crippen molar-refractivity contribution in [1.29, 1.82) is 5.26 Å². The van der Waals surface area contributed by atoms with E-state index in [9.17, 15) is 9.18 Å². The van der Waals surface area contributed by atoms with Crippen LogP contribution < -0.4 is 16.0 Å². The first-order valence-corrected chi connectivity index (χ1v) is 9.91. The minimum Gasteiger partial charge on any atom is -0.465 e. The predicted molar refractivity (Wildman–Crippen MR) is 110 cm³/mol. The molecule has 1 atom stereocenters. The first-order valence-electron chi connectivity index (χ1n) is 9.91. The fourth-order valence-electron chi connectivity index (χ4n) is 3.34. The zero-order valence-electron chi connectivity index (χ0n) is 16.9. The average molecular weight is 415 g/mol.